The van der Waals surface area contributed by atoms with E-state index in [-0.39, 0.29) is 0 Å². The van der Waals surface area contributed by atoms with E-state index >= 15 is 0 Å². The number of amides is 1. The Morgan fingerprint density at radius 1 is 1.32 bits per heavy atom. The highest BCUT2D eigenvalue weighted by molar-refractivity contribution is 5.89. The van der Waals surface area contributed by atoms with E-state index < -0.39 is 11.4 Å². The molecule has 0 saturated carbocycles. The number of ether oxygens (including phenoxy) is 1. The number of rotatable bonds is 4. The van der Waals surface area contributed by atoms with Crippen molar-refractivity contribution in [3.8, 4) is 5.75 Å². The predicted molar refractivity (Wildman–Crippen MR) is 76.0 cm³/mol. The van der Waals surface area contributed by atoms with Crippen LogP contribution in [0.1, 0.15) is 12.5 Å². The number of methoxy groups -OCH3 is 1. The Kier molecular flexibility index (Phi) is 3.44. The molecule has 0 unspecified atom stereocenters. The lowest BCUT2D eigenvalue weighted by molar-refractivity contribution is -0.122. The minimum Gasteiger partial charge on any atom is -0.496 e. The molecule has 4 heteroatoms. The molecule has 4 nitrogen and oxygen atoms in total. The van der Waals surface area contributed by atoms with Crippen molar-refractivity contribution in [2.75, 3.05) is 7.11 Å². The summed E-state index contributed by atoms with van der Waals surface area (Å²) in [4.78, 5) is 11.3. The molecule has 1 amide bonds. The van der Waals surface area contributed by atoms with Crippen molar-refractivity contribution in [1.82, 2.24) is 0 Å². The van der Waals surface area contributed by atoms with Crippen molar-refractivity contribution in [3.63, 3.8) is 0 Å². The lowest BCUT2D eigenvalue weighted by atomic mass is 9.92. The third kappa shape index (κ3) is 2.69. The summed E-state index contributed by atoms with van der Waals surface area (Å²) in [5.74, 6) is 0.257. The fraction of sp³-hybridized carbons (Fsp3) is 0.267. The Balaban J connectivity index is 2.48. The van der Waals surface area contributed by atoms with Crippen LogP contribution < -0.4 is 16.2 Å². The number of hydrogen-bond acceptors (Lipinski definition) is 3. The third-order valence-corrected chi connectivity index (χ3v) is 3.24. The molecule has 2 rings (SSSR count). The molecule has 0 aliphatic rings. The van der Waals surface area contributed by atoms with Crippen molar-refractivity contribution in [3.05, 3.63) is 42.0 Å². The molecule has 0 radical (unpaired) electrons. The first-order valence-corrected chi connectivity index (χ1v) is 6.08. The van der Waals surface area contributed by atoms with E-state index in [1.54, 1.807) is 14.0 Å². The first kappa shape index (κ1) is 13.4. The second kappa shape index (κ2) is 4.90. The molecule has 0 fully saturated rings. The maximum Gasteiger partial charge on any atom is 0.237 e. The number of nitrogens with two attached hydrogens (primary N) is 2. The van der Waals surface area contributed by atoms with Gasteiger partial charge in [-0.05, 0) is 30.4 Å². The number of fused-ring (bicyclic) bond motifs is 1. The van der Waals surface area contributed by atoms with E-state index in [1.165, 1.54) is 0 Å². The Morgan fingerprint density at radius 2 is 2.00 bits per heavy atom. The number of benzene rings is 2. The van der Waals surface area contributed by atoms with Gasteiger partial charge in [-0.3, -0.25) is 4.79 Å². The molecular weight excluding hydrogens is 240 g/mol. The Bertz CT molecular complexity index is 621. The van der Waals surface area contributed by atoms with Crippen LogP contribution in [0.15, 0.2) is 36.4 Å². The highest BCUT2D eigenvalue weighted by Gasteiger charge is 2.26. The monoisotopic (exact) mass is 258 g/mol. The summed E-state index contributed by atoms with van der Waals surface area (Å²) in [5.41, 5.74) is 11.1. The summed E-state index contributed by atoms with van der Waals surface area (Å²) in [6.45, 7) is 1.64. The van der Waals surface area contributed by atoms with Crippen LogP contribution >= 0.6 is 0 Å². The average Bonchev–Trinajstić information content (AvgIpc) is 2.37. The van der Waals surface area contributed by atoms with Gasteiger partial charge < -0.3 is 16.2 Å². The van der Waals surface area contributed by atoms with Gasteiger partial charge in [0.1, 0.15) is 5.75 Å². The molecule has 4 N–H and O–H groups in total. The van der Waals surface area contributed by atoms with Gasteiger partial charge in [0.15, 0.2) is 0 Å². The van der Waals surface area contributed by atoms with Gasteiger partial charge in [-0.15, -0.1) is 0 Å². The molecule has 2 aromatic carbocycles. The quantitative estimate of drug-likeness (QED) is 0.874. The first-order chi connectivity index (χ1) is 8.94. The highest BCUT2D eigenvalue weighted by Crippen LogP contribution is 2.28. The summed E-state index contributed by atoms with van der Waals surface area (Å²) in [6.07, 6.45) is 0.378. The molecule has 0 aromatic heterocycles. The lowest BCUT2D eigenvalue weighted by Gasteiger charge is -2.21. The zero-order chi connectivity index (χ0) is 14.0. The summed E-state index contributed by atoms with van der Waals surface area (Å²) in [5, 5.41) is 2.09. The van der Waals surface area contributed by atoms with E-state index in [0.29, 0.717) is 6.42 Å². The van der Waals surface area contributed by atoms with E-state index in [0.717, 1.165) is 22.1 Å². The number of primary amides is 1. The van der Waals surface area contributed by atoms with Crippen LogP contribution in [0.25, 0.3) is 10.8 Å². The van der Waals surface area contributed by atoms with E-state index in [1.807, 2.05) is 36.4 Å². The molecule has 100 valence electrons. The normalized spacial score (nSPS) is 14.1. The summed E-state index contributed by atoms with van der Waals surface area (Å²) < 4.78 is 5.39. The smallest absolute Gasteiger partial charge is 0.237 e. The number of hydrogen-bond donors (Lipinski definition) is 2. The first-order valence-electron chi connectivity index (χ1n) is 6.08. The fourth-order valence-electron chi connectivity index (χ4n) is 2.12. The molecule has 0 spiro atoms. The van der Waals surface area contributed by atoms with Crippen LogP contribution in [0.4, 0.5) is 0 Å². The highest BCUT2D eigenvalue weighted by atomic mass is 16.5. The van der Waals surface area contributed by atoms with Gasteiger partial charge in [-0.2, -0.15) is 0 Å². The summed E-state index contributed by atoms with van der Waals surface area (Å²) in [6, 6.07) is 11.8. The van der Waals surface area contributed by atoms with Gasteiger partial charge in [-0.25, -0.2) is 0 Å². The second-order valence-electron chi connectivity index (χ2n) is 4.98. The molecule has 2 aromatic rings. The van der Waals surface area contributed by atoms with Gasteiger partial charge in [0.25, 0.3) is 0 Å². The zero-order valence-corrected chi connectivity index (χ0v) is 11.1. The average molecular weight is 258 g/mol. The van der Waals surface area contributed by atoms with E-state index in [4.69, 9.17) is 16.2 Å². The van der Waals surface area contributed by atoms with Crippen molar-refractivity contribution >= 4 is 16.7 Å². The summed E-state index contributed by atoms with van der Waals surface area (Å²) in [7, 11) is 1.63. The lowest BCUT2D eigenvalue weighted by Crippen LogP contribution is -2.51. The minimum atomic E-state index is -1.06. The van der Waals surface area contributed by atoms with Crippen molar-refractivity contribution < 1.29 is 9.53 Å². The standard InChI is InChI=1S/C15H18N2O2/c1-15(17,14(16)18)9-10-7-11-5-3-4-6-12(11)13(8-10)19-2/h3-8H,9,17H2,1-2H3,(H2,16,18)/t15-/m1/s1. The van der Waals surface area contributed by atoms with Crippen LogP contribution in [-0.4, -0.2) is 18.6 Å². The molecule has 0 saturated heterocycles. The third-order valence-electron chi connectivity index (χ3n) is 3.24. The Labute approximate surface area is 112 Å². The van der Waals surface area contributed by atoms with E-state index in [2.05, 4.69) is 0 Å². The van der Waals surface area contributed by atoms with Crippen molar-refractivity contribution in [2.45, 2.75) is 18.9 Å². The number of carbonyl (C=O) groups is 1. The Morgan fingerprint density at radius 3 is 2.63 bits per heavy atom. The maximum atomic E-state index is 11.3. The number of carbonyl (C=O) groups excluding carboxylic acids is 1. The van der Waals surface area contributed by atoms with Gasteiger partial charge in [-0.1, -0.05) is 30.3 Å². The predicted octanol–water partition coefficient (Wildman–Crippen LogP) is 1.59. The van der Waals surface area contributed by atoms with Gasteiger partial charge in [0, 0.05) is 5.39 Å². The van der Waals surface area contributed by atoms with Crippen LogP contribution in [0.3, 0.4) is 0 Å². The van der Waals surface area contributed by atoms with Gasteiger partial charge in [0.2, 0.25) is 5.91 Å². The molecule has 0 aliphatic heterocycles. The molecule has 0 aliphatic carbocycles. The van der Waals surface area contributed by atoms with Gasteiger partial charge in [0.05, 0.1) is 12.6 Å². The molecular formula is C15H18N2O2. The Hall–Kier alpha value is -2.07. The maximum absolute atomic E-state index is 11.3. The van der Waals surface area contributed by atoms with Gasteiger partial charge >= 0.3 is 0 Å². The van der Waals surface area contributed by atoms with Crippen LogP contribution in [0, 0.1) is 0 Å². The largest absolute Gasteiger partial charge is 0.496 e. The minimum absolute atomic E-state index is 0.378. The van der Waals surface area contributed by atoms with Crippen molar-refractivity contribution in [1.29, 1.82) is 0 Å². The van der Waals surface area contributed by atoms with Crippen LogP contribution in [0.5, 0.6) is 5.75 Å². The fourth-order valence-corrected chi connectivity index (χ4v) is 2.12. The molecule has 0 heterocycles. The van der Waals surface area contributed by atoms with Crippen LogP contribution in [-0.2, 0) is 11.2 Å². The summed E-state index contributed by atoms with van der Waals surface area (Å²) >= 11 is 0. The zero-order valence-electron chi connectivity index (χ0n) is 11.1. The molecule has 19 heavy (non-hydrogen) atoms. The molecule has 1 atom stereocenters. The topological polar surface area (TPSA) is 78.3 Å². The SMILES string of the molecule is COc1cc(C[C@@](C)(N)C(N)=O)cc2ccccc12. The molecule has 0 bridgehead atoms. The van der Waals surface area contributed by atoms with Crippen LogP contribution in [0.2, 0.25) is 0 Å². The van der Waals surface area contributed by atoms with E-state index in [9.17, 15) is 4.79 Å². The van der Waals surface area contributed by atoms with Crippen molar-refractivity contribution in [2.24, 2.45) is 11.5 Å². The second-order valence-corrected chi connectivity index (χ2v) is 4.98.